The first-order chi connectivity index (χ1) is 8.75. The molecule has 2 heteroatoms. The lowest BCUT2D eigenvalue weighted by molar-refractivity contribution is 0.361. The van der Waals surface area contributed by atoms with Crippen LogP contribution in [0.2, 0.25) is 0 Å². The average molecular weight is 242 g/mol. The third-order valence-electron chi connectivity index (χ3n) is 4.24. The highest BCUT2D eigenvalue weighted by Gasteiger charge is 2.16. The second-order valence-corrected chi connectivity index (χ2v) is 5.62. The van der Waals surface area contributed by atoms with Gasteiger partial charge in [0.15, 0.2) is 0 Å². The van der Waals surface area contributed by atoms with Gasteiger partial charge in [-0.25, -0.2) is 0 Å². The Morgan fingerprint density at radius 3 is 2.67 bits per heavy atom. The van der Waals surface area contributed by atoms with Gasteiger partial charge >= 0.3 is 0 Å². The summed E-state index contributed by atoms with van der Waals surface area (Å²) >= 11 is 0. The summed E-state index contributed by atoms with van der Waals surface area (Å²) in [5, 5.41) is 1.34. The van der Waals surface area contributed by atoms with Crippen molar-refractivity contribution in [2.45, 2.75) is 51.1 Å². The van der Waals surface area contributed by atoms with Crippen molar-refractivity contribution in [3.8, 4) is 0 Å². The first-order valence-corrected chi connectivity index (χ1v) is 7.12. The summed E-state index contributed by atoms with van der Waals surface area (Å²) in [7, 11) is 0. The quantitative estimate of drug-likeness (QED) is 0.842. The molecule has 2 N–H and O–H groups in total. The van der Waals surface area contributed by atoms with E-state index < -0.39 is 0 Å². The lowest BCUT2D eigenvalue weighted by atomic mass is 9.95. The van der Waals surface area contributed by atoms with Gasteiger partial charge in [-0.05, 0) is 42.8 Å². The van der Waals surface area contributed by atoms with Gasteiger partial charge in [0.2, 0.25) is 0 Å². The van der Waals surface area contributed by atoms with Crippen LogP contribution in [0.1, 0.15) is 56.7 Å². The molecule has 3 rings (SSSR count). The second kappa shape index (κ2) is 4.77. The SMILES string of the molecule is CC(N)c1ccc2ccn(C3CCCCC3)c2c1. The number of hydrogen-bond acceptors (Lipinski definition) is 1. The smallest absolute Gasteiger partial charge is 0.0486 e. The molecule has 1 aliphatic rings. The Balaban J connectivity index is 2.03. The van der Waals surface area contributed by atoms with E-state index in [1.54, 1.807) is 0 Å². The van der Waals surface area contributed by atoms with Gasteiger partial charge in [-0.15, -0.1) is 0 Å². The molecule has 1 fully saturated rings. The molecule has 0 aliphatic heterocycles. The molecule has 1 saturated carbocycles. The fraction of sp³-hybridized carbons (Fsp3) is 0.500. The minimum atomic E-state index is 0.115. The molecule has 96 valence electrons. The third-order valence-corrected chi connectivity index (χ3v) is 4.24. The van der Waals surface area contributed by atoms with Crippen molar-refractivity contribution in [2.24, 2.45) is 5.73 Å². The molecule has 0 radical (unpaired) electrons. The van der Waals surface area contributed by atoms with Crippen LogP contribution in [-0.4, -0.2) is 4.57 Å². The van der Waals surface area contributed by atoms with Crippen LogP contribution < -0.4 is 5.73 Å². The number of fused-ring (bicyclic) bond motifs is 1. The van der Waals surface area contributed by atoms with Gasteiger partial charge in [0.25, 0.3) is 0 Å². The predicted molar refractivity (Wildman–Crippen MR) is 76.7 cm³/mol. The van der Waals surface area contributed by atoms with Crippen LogP contribution in [0.4, 0.5) is 0 Å². The Labute approximate surface area is 109 Å². The molecule has 1 aliphatic carbocycles. The fourth-order valence-corrected chi connectivity index (χ4v) is 3.13. The summed E-state index contributed by atoms with van der Waals surface area (Å²) in [6, 6.07) is 9.67. The standard InChI is InChI=1S/C16H22N2/c1-12(17)14-8-7-13-9-10-18(16(13)11-14)15-5-3-2-4-6-15/h7-12,15H,2-6,17H2,1H3. The van der Waals surface area contributed by atoms with Crippen molar-refractivity contribution in [2.75, 3.05) is 0 Å². The van der Waals surface area contributed by atoms with Crippen molar-refractivity contribution in [1.82, 2.24) is 4.57 Å². The lowest BCUT2D eigenvalue weighted by Crippen LogP contribution is -2.12. The summed E-state index contributed by atoms with van der Waals surface area (Å²) in [5.74, 6) is 0. The monoisotopic (exact) mass is 242 g/mol. The molecule has 0 bridgehead atoms. The van der Waals surface area contributed by atoms with Crippen LogP contribution >= 0.6 is 0 Å². The zero-order valence-electron chi connectivity index (χ0n) is 11.1. The molecule has 0 spiro atoms. The molecule has 1 atom stereocenters. The first kappa shape index (κ1) is 11.8. The maximum atomic E-state index is 5.99. The molecule has 0 saturated heterocycles. The Hall–Kier alpha value is -1.28. The van der Waals surface area contributed by atoms with Crippen molar-refractivity contribution < 1.29 is 0 Å². The summed E-state index contributed by atoms with van der Waals surface area (Å²) in [5.41, 5.74) is 8.59. The molecule has 18 heavy (non-hydrogen) atoms. The number of hydrogen-bond donors (Lipinski definition) is 1. The molecular formula is C16H22N2. The topological polar surface area (TPSA) is 30.9 Å². The zero-order chi connectivity index (χ0) is 12.5. The minimum Gasteiger partial charge on any atom is -0.344 e. The Morgan fingerprint density at radius 2 is 1.94 bits per heavy atom. The Bertz CT molecular complexity index is 533. The van der Waals surface area contributed by atoms with E-state index in [9.17, 15) is 0 Å². The lowest BCUT2D eigenvalue weighted by Gasteiger charge is -2.24. The maximum absolute atomic E-state index is 5.99. The molecule has 1 heterocycles. The number of benzene rings is 1. The van der Waals surface area contributed by atoms with Crippen molar-refractivity contribution in [1.29, 1.82) is 0 Å². The molecule has 2 aromatic rings. The van der Waals surface area contributed by atoms with E-state index in [-0.39, 0.29) is 6.04 Å². The average Bonchev–Trinajstić information content (AvgIpc) is 2.82. The summed E-state index contributed by atoms with van der Waals surface area (Å²) in [6.07, 6.45) is 9.05. The van der Waals surface area contributed by atoms with Crippen LogP contribution in [0.25, 0.3) is 10.9 Å². The van der Waals surface area contributed by atoms with Gasteiger partial charge in [-0.1, -0.05) is 31.4 Å². The van der Waals surface area contributed by atoms with Crippen molar-refractivity contribution in [3.05, 3.63) is 36.0 Å². The van der Waals surface area contributed by atoms with E-state index in [1.807, 2.05) is 0 Å². The van der Waals surface area contributed by atoms with Crippen LogP contribution in [0.5, 0.6) is 0 Å². The first-order valence-electron chi connectivity index (χ1n) is 7.12. The van der Waals surface area contributed by atoms with E-state index in [2.05, 4.69) is 42.0 Å². The third kappa shape index (κ3) is 2.05. The van der Waals surface area contributed by atoms with Crippen molar-refractivity contribution in [3.63, 3.8) is 0 Å². The van der Waals surface area contributed by atoms with E-state index in [1.165, 1.54) is 48.6 Å². The molecule has 1 aromatic heterocycles. The molecule has 1 unspecified atom stereocenters. The fourth-order valence-electron chi connectivity index (χ4n) is 3.13. The maximum Gasteiger partial charge on any atom is 0.0486 e. The van der Waals surface area contributed by atoms with Gasteiger partial charge < -0.3 is 10.3 Å². The number of nitrogens with two attached hydrogens (primary N) is 1. The van der Waals surface area contributed by atoms with Gasteiger partial charge in [-0.2, -0.15) is 0 Å². The van der Waals surface area contributed by atoms with Gasteiger partial charge in [-0.3, -0.25) is 0 Å². The highest BCUT2D eigenvalue weighted by Crippen LogP contribution is 2.32. The van der Waals surface area contributed by atoms with Crippen LogP contribution in [0, 0.1) is 0 Å². The second-order valence-electron chi connectivity index (χ2n) is 5.62. The molecular weight excluding hydrogens is 220 g/mol. The molecule has 2 nitrogen and oxygen atoms in total. The zero-order valence-corrected chi connectivity index (χ0v) is 11.1. The number of aromatic nitrogens is 1. The predicted octanol–water partition coefficient (Wildman–Crippen LogP) is 4.17. The molecule has 1 aromatic carbocycles. The van der Waals surface area contributed by atoms with Crippen molar-refractivity contribution >= 4 is 10.9 Å². The summed E-state index contributed by atoms with van der Waals surface area (Å²) < 4.78 is 2.47. The number of nitrogens with zero attached hydrogens (tertiary/aromatic N) is 1. The van der Waals surface area contributed by atoms with Gasteiger partial charge in [0.1, 0.15) is 0 Å². The summed E-state index contributed by atoms with van der Waals surface area (Å²) in [6.45, 7) is 2.05. The van der Waals surface area contributed by atoms with E-state index in [0.717, 1.165) is 0 Å². The van der Waals surface area contributed by atoms with E-state index in [0.29, 0.717) is 6.04 Å². The highest BCUT2D eigenvalue weighted by molar-refractivity contribution is 5.81. The van der Waals surface area contributed by atoms with Crippen LogP contribution in [0.3, 0.4) is 0 Å². The largest absolute Gasteiger partial charge is 0.344 e. The van der Waals surface area contributed by atoms with Gasteiger partial charge in [0.05, 0.1) is 0 Å². The normalized spacial score (nSPS) is 19.2. The highest BCUT2D eigenvalue weighted by atomic mass is 15.0. The van der Waals surface area contributed by atoms with Crippen LogP contribution in [0.15, 0.2) is 30.5 Å². The minimum absolute atomic E-state index is 0.115. The van der Waals surface area contributed by atoms with E-state index in [4.69, 9.17) is 5.73 Å². The Morgan fingerprint density at radius 1 is 1.17 bits per heavy atom. The molecule has 0 amide bonds. The van der Waals surface area contributed by atoms with Gasteiger partial charge in [0, 0.05) is 23.8 Å². The summed E-state index contributed by atoms with van der Waals surface area (Å²) in [4.78, 5) is 0. The van der Waals surface area contributed by atoms with Crippen LogP contribution in [-0.2, 0) is 0 Å². The van der Waals surface area contributed by atoms with E-state index >= 15 is 0 Å². The Kier molecular flexibility index (Phi) is 3.13. The number of rotatable bonds is 2.